The molecular formula is C21H32N6O4S. The standard InChI is InChI=1S/C21H32N6O4S/c1-25-16(3-4-18(28)26-8-5-14(6-9-26)21(30)31-2)11-22-20(29)19-17(25)7-10-27(19)12-15-13-32-24-23-15/h13-14,16-17,19H,3-12H2,1-2H3,(H,22,29)/t16-,17+,19-/m0/s1. The van der Waals surface area contributed by atoms with Crippen molar-refractivity contribution in [3.8, 4) is 0 Å². The van der Waals surface area contributed by atoms with Crippen LogP contribution in [0.25, 0.3) is 0 Å². The number of hydrogen-bond acceptors (Lipinski definition) is 9. The predicted octanol–water partition coefficient (Wildman–Crippen LogP) is 0.103. The monoisotopic (exact) mass is 464 g/mol. The molecule has 32 heavy (non-hydrogen) atoms. The summed E-state index contributed by atoms with van der Waals surface area (Å²) in [4.78, 5) is 43.7. The number of carbonyl (C=O) groups excluding carboxylic acids is 3. The number of hydrogen-bond donors (Lipinski definition) is 1. The Labute approximate surface area is 192 Å². The van der Waals surface area contributed by atoms with E-state index in [1.54, 1.807) is 0 Å². The molecule has 176 valence electrons. The highest BCUT2D eigenvalue weighted by atomic mass is 32.1. The van der Waals surface area contributed by atoms with Crippen molar-refractivity contribution in [2.45, 2.75) is 56.8 Å². The maximum atomic E-state index is 12.9. The van der Waals surface area contributed by atoms with Gasteiger partial charge < -0.3 is 15.0 Å². The SMILES string of the molecule is COC(=O)C1CCN(C(=O)CC[C@H]2CNC(=O)[C@@H]3[C@@H](CCN3Cc3csnn3)N2C)CC1. The van der Waals surface area contributed by atoms with E-state index in [0.29, 0.717) is 51.9 Å². The lowest BCUT2D eigenvalue weighted by Crippen LogP contribution is -2.49. The molecule has 0 unspecified atom stereocenters. The first kappa shape index (κ1) is 23.1. The Morgan fingerprint density at radius 3 is 2.72 bits per heavy atom. The summed E-state index contributed by atoms with van der Waals surface area (Å²) < 4.78 is 8.75. The Morgan fingerprint density at radius 2 is 2.03 bits per heavy atom. The maximum Gasteiger partial charge on any atom is 0.308 e. The van der Waals surface area contributed by atoms with E-state index in [9.17, 15) is 14.4 Å². The van der Waals surface area contributed by atoms with Gasteiger partial charge >= 0.3 is 5.97 Å². The normalized spacial score (nSPS) is 27.6. The highest BCUT2D eigenvalue weighted by Crippen LogP contribution is 2.28. The van der Waals surface area contributed by atoms with Gasteiger partial charge in [-0.3, -0.25) is 24.2 Å². The number of methoxy groups -OCH3 is 1. The molecule has 0 bridgehead atoms. The van der Waals surface area contributed by atoms with E-state index in [0.717, 1.165) is 18.7 Å². The number of nitrogens with zero attached hydrogens (tertiary/aromatic N) is 5. The molecular weight excluding hydrogens is 432 g/mol. The molecule has 10 nitrogen and oxygen atoms in total. The van der Waals surface area contributed by atoms with Gasteiger partial charge in [0.2, 0.25) is 11.8 Å². The zero-order valence-corrected chi connectivity index (χ0v) is 19.6. The molecule has 0 radical (unpaired) electrons. The van der Waals surface area contributed by atoms with Crippen LogP contribution in [0.2, 0.25) is 0 Å². The van der Waals surface area contributed by atoms with Crippen molar-refractivity contribution in [1.82, 2.24) is 29.6 Å². The van der Waals surface area contributed by atoms with Gasteiger partial charge in [-0.15, -0.1) is 5.10 Å². The van der Waals surface area contributed by atoms with Crippen LogP contribution in [0.3, 0.4) is 0 Å². The first-order chi connectivity index (χ1) is 15.5. The average molecular weight is 465 g/mol. The van der Waals surface area contributed by atoms with Crippen LogP contribution in [0.15, 0.2) is 5.38 Å². The van der Waals surface area contributed by atoms with E-state index < -0.39 is 0 Å². The molecule has 0 aromatic carbocycles. The number of ether oxygens (including phenoxy) is 1. The summed E-state index contributed by atoms with van der Waals surface area (Å²) in [5.41, 5.74) is 0.897. The third kappa shape index (κ3) is 4.94. The second kappa shape index (κ2) is 10.2. The average Bonchev–Trinajstić information content (AvgIpc) is 3.46. The second-order valence-corrected chi connectivity index (χ2v) is 9.56. The zero-order valence-electron chi connectivity index (χ0n) is 18.7. The lowest BCUT2D eigenvalue weighted by Gasteiger charge is -2.34. The Bertz CT molecular complexity index is 813. The lowest BCUT2D eigenvalue weighted by molar-refractivity contribution is -0.149. The van der Waals surface area contributed by atoms with E-state index in [2.05, 4.69) is 31.8 Å². The number of aromatic nitrogens is 2. The molecule has 1 N–H and O–H groups in total. The van der Waals surface area contributed by atoms with Crippen molar-refractivity contribution in [2.24, 2.45) is 5.92 Å². The summed E-state index contributed by atoms with van der Waals surface area (Å²) in [7, 11) is 3.48. The number of amides is 2. The summed E-state index contributed by atoms with van der Waals surface area (Å²) in [5, 5.41) is 9.15. The maximum absolute atomic E-state index is 12.9. The minimum atomic E-state index is -0.209. The van der Waals surface area contributed by atoms with Crippen LogP contribution in [0.4, 0.5) is 0 Å². The molecule has 0 spiro atoms. The van der Waals surface area contributed by atoms with Crippen molar-refractivity contribution in [1.29, 1.82) is 0 Å². The van der Waals surface area contributed by atoms with Gasteiger partial charge in [-0.1, -0.05) is 4.49 Å². The van der Waals surface area contributed by atoms with Crippen LogP contribution in [0.5, 0.6) is 0 Å². The molecule has 1 aromatic rings. The number of carbonyl (C=O) groups is 3. The number of piperidine rings is 1. The number of nitrogens with one attached hydrogen (secondary N) is 1. The molecule has 0 aliphatic carbocycles. The second-order valence-electron chi connectivity index (χ2n) is 8.95. The Kier molecular flexibility index (Phi) is 7.37. The van der Waals surface area contributed by atoms with Gasteiger partial charge in [0.25, 0.3) is 0 Å². The van der Waals surface area contributed by atoms with Crippen molar-refractivity contribution in [3.63, 3.8) is 0 Å². The molecule has 3 fully saturated rings. The largest absolute Gasteiger partial charge is 0.469 e. The number of likely N-dealkylation sites (N-methyl/N-ethyl adjacent to an activating group) is 1. The fourth-order valence-electron chi connectivity index (χ4n) is 5.27. The lowest BCUT2D eigenvalue weighted by atomic mass is 9.96. The molecule has 11 heteroatoms. The van der Waals surface area contributed by atoms with Crippen LogP contribution in [-0.4, -0.2) is 101 Å². The number of rotatable bonds is 6. The van der Waals surface area contributed by atoms with Gasteiger partial charge in [-0.05, 0) is 44.3 Å². The molecule has 3 aliphatic heterocycles. The van der Waals surface area contributed by atoms with Gasteiger partial charge in [0.1, 0.15) is 6.04 Å². The minimum absolute atomic E-state index is 0.0567. The molecule has 0 saturated carbocycles. The van der Waals surface area contributed by atoms with E-state index in [1.807, 2.05) is 10.3 Å². The van der Waals surface area contributed by atoms with Crippen molar-refractivity contribution in [3.05, 3.63) is 11.1 Å². The van der Waals surface area contributed by atoms with E-state index in [4.69, 9.17) is 4.74 Å². The predicted molar refractivity (Wildman–Crippen MR) is 118 cm³/mol. The van der Waals surface area contributed by atoms with Crippen molar-refractivity contribution >= 4 is 29.3 Å². The van der Waals surface area contributed by atoms with Crippen LogP contribution >= 0.6 is 11.5 Å². The summed E-state index contributed by atoms with van der Waals surface area (Å²) >= 11 is 1.32. The van der Waals surface area contributed by atoms with Gasteiger partial charge in [-0.2, -0.15) is 0 Å². The smallest absolute Gasteiger partial charge is 0.308 e. The van der Waals surface area contributed by atoms with Crippen molar-refractivity contribution < 1.29 is 19.1 Å². The third-order valence-electron chi connectivity index (χ3n) is 7.19. The highest BCUT2D eigenvalue weighted by molar-refractivity contribution is 7.03. The summed E-state index contributed by atoms with van der Waals surface area (Å²) in [6, 6.07) is 0.0335. The fourth-order valence-corrected chi connectivity index (χ4v) is 5.71. The number of fused-ring (bicyclic) bond motifs is 1. The first-order valence-electron chi connectivity index (χ1n) is 11.3. The minimum Gasteiger partial charge on any atom is -0.469 e. The molecule has 3 aliphatic rings. The van der Waals surface area contributed by atoms with E-state index in [-0.39, 0.29) is 41.8 Å². The molecule has 4 heterocycles. The number of likely N-dealkylation sites (tertiary alicyclic amines) is 2. The van der Waals surface area contributed by atoms with Gasteiger partial charge in [0, 0.05) is 56.6 Å². The molecule has 3 atom stereocenters. The van der Waals surface area contributed by atoms with Crippen molar-refractivity contribution in [2.75, 3.05) is 40.3 Å². The topological polar surface area (TPSA) is 108 Å². The van der Waals surface area contributed by atoms with E-state index >= 15 is 0 Å². The molecule has 4 rings (SSSR count). The Hall–Kier alpha value is -2.11. The van der Waals surface area contributed by atoms with Crippen LogP contribution in [-0.2, 0) is 25.7 Å². The quantitative estimate of drug-likeness (QED) is 0.591. The zero-order chi connectivity index (χ0) is 22.7. The molecule has 3 saturated heterocycles. The Morgan fingerprint density at radius 1 is 1.25 bits per heavy atom. The Balaban J connectivity index is 1.30. The van der Waals surface area contributed by atoms with Gasteiger partial charge in [0.05, 0.1) is 18.7 Å². The number of esters is 1. The third-order valence-corrected chi connectivity index (χ3v) is 7.75. The molecule has 2 amide bonds. The highest BCUT2D eigenvalue weighted by Gasteiger charge is 2.45. The van der Waals surface area contributed by atoms with Crippen LogP contribution in [0.1, 0.15) is 37.8 Å². The molecule has 1 aromatic heterocycles. The van der Waals surface area contributed by atoms with Crippen LogP contribution in [0, 0.1) is 5.92 Å². The fraction of sp³-hybridized carbons (Fsp3) is 0.762. The summed E-state index contributed by atoms with van der Waals surface area (Å²) in [6.45, 7) is 3.21. The van der Waals surface area contributed by atoms with Gasteiger partial charge in [-0.25, -0.2) is 0 Å². The first-order valence-corrected chi connectivity index (χ1v) is 12.2. The summed E-state index contributed by atoms with van der Waals surface area (Å²) in [6.07, 6.45) is 3.38. The van der Waals surface area contributed by atoms with Gasteiger partial charge in [0.15, 0.2) is 0 Å². The van der Waals surface area contributed by atoms with Crippen LogP contribution < -0.4 is 5.32 Å². The van der Waals surface area contributed by atoms with E-state index in [1.165, 1.54) is 18.6 Å². The summed E-state index contributed by atoms with van der Waals surface area (Å²) in [5.74, 6) is -0.104.